The van der Waals surface area contributed by atoms with Gasteiger partial charge in [0.1, 0.15) is 6.04 Å². The molecule has 0 fully saturated rings. The number of carbonyl (C=O) groups excluding carboxylic acids is 1. The molecule has 0 aliphatic carbocycles. The monoisotopic (exact) mass is 168 g/mol. The minimum Gasteiger partial charge on any atom is -0.333 e. The lowest BCUT2D eigenvalue weighted by molar-refractivity contribution is -0.134. The summed E-state index contributed by atoms with van der Waals surface area (Å²) in [7, 11) is -4.20. The molecule has 0 aromatic rings. The molecule has 0 heterocycles. The average molecular weight is 168 g/mol. The minimum atomic E-state index is -4.20. The Balaban J connectivity index is 4.07. The van der Waals surface area contributed by atoms with E-state index in [1.54, 1.807) is 0 Å². The van der Waals surface area contributed by atoms with E-state index >= 15 is 0 Å². The van der Waals surface area contributed by atoms with Crippen molar-refractivity contribution in [3.8, 4) is 0 Å². The van der Waals surface area contributed by atoms with Gasteiger partial charge in [0, 0.05) is 0 Å². The van der Waals surface area contributed by atoms with Crippen LogP contribution in [0.5, 0.6) is 0 Å². The predicted molar refractivity (Wildman–Crippen MR) is 32.8 cm³/mol. The molecule has 0 saturated carbocycles. The second-order valence-corrected chi connectivity index (χ2v) is 2.84. The maximum atomic E-state index is 10.4. The van der Waals surface area contributed by atoms with Gasteiger partial charge in [-0.1, -0.05) is 0 Å². The average Bonchev–Trinajstić information content (AvgIpc) is 1.60. The number of rotatable bonds is 2. The van der Waals surface area contributed by atoms with E-state index in [0.29, 0.717) is 0 Å². The van der Waals surface area contributed by atoms with Gasteiger partial charge in [0.25, 0.3) is 0 Å². The molecular formula is C3H8N2O4S. The third-order valence-corrected chi connectivity index (χ3v) is 0.967. The maximum absolute atomic E-state index is 10.4. The van der Waals surface area contributed by atoms with Crippen molar-refractivity contribution in [1.29, 1.82) is 0 Å². The third-order valence-electron chi connectivity index (χ3n) is 0.570. The highest BCUT2D eigenvalue weighted by molar-refractivity contribution is 7.84. The normalized spacial score (nSPS) is 14.3. The Labute approximate surface area is 58.4 Å². The molecule has 0 saturated heterocycles. The van der Waals surface area contributed by atoms with Crippen molar-refractivity contribution in [3.63, 3.8) is 0 Å². The molecule has 0 spiro atoms. The fourth-order valence-corrected chi connectivity index (χ4v) is 0.571. The second-order valence-electron chi connectivity index (χ2n) is 1.68. The van der Waals surface area contributed by atoms with Crippen LogP contribution in [0.15, 0.2) is 0 Å². The summed E-state index contributed by atoms with van der Waals surface area (Å²) in [6.07, 6.45) is 0. The van der Waals surface area contributed by atoms with Crippen LogP contribution in [0, 0.1) is 0 Å². The van der Waals surface area contributed by atoms with E-state index in [1.807, 2.05) is 0 Å². The second kappa shape index (κ2) is 2.95. The fraction of sp³-hybridized carbons (Fsp3) is 0.667. The highest BCUT2D eigenvalue weighted by atomic mass is 32.2. The van der Waals surface area contributed by atoms with Crippen molar-refractivity contribution in [3.05, 3.63) is 0 Å². The smallest absolute Gasteiger partial charge is 0.333 e. The number of hydrogen-bond acceptors (Lipinski definition) is 5. The lowest BCUT2D eigenvalue weighted by Gasteiger charge is -2.01. The Morgan fingerprint density at radius 2 is 2.00 bits per heavy atom. The lowest BCUT2D eigenvalue weighted by atomic mass is 10.4. The van der Waals surface area contributed by atoms with Gasteiger partial charge in [-0.15, -0.1) is 0 Å². The van der Waals surface area contributed by atoms with Gasteiger partial charge in [-0.25, -0.2) is 4.79 Å². The van der Waals surface area contributed by atoms with Crippen LogP contribution in [0.25, 0.3) is 0 Å². The van der Waals surface area contributed by atoms with Crippen LogP contribution < -0.4 is 10.9 Å². The highest BCUT2D eigenvalue weighted by Crippen LogP contribution is 1.87. The largest absolute Gasteiger partial charge is 0.382 e. The summed E-state index contributed by atoms with van der Waals surface area (Å²) < 4.78 is 23.7. The zero-order chi connectivity index (χ0) is 8.36. The van der Waals surface area contributed by atoms with E-state index in [0.717, 1.165) is 0 Å². The standard InChI is InChI=1S/C3H8N2O4S/c1-2(4)3(6)9-10(5,7)8/h2H,4H2,1H3,(H2,5,7,8). The van der Waals surface area contributed by atoms with Crippen LogP contribution in [0.1, 0.15) is 6.92 Å². The molecule has 0 aliphatic heterocycles. The topological polar surface area (TPSA) is 112 Å². The van der Waals surface area contributed by atoms with Crippen molar-refractivity contribution < 1.29 is 17.4 Å². The van der Waals surface area contributed by atoms with Crippen molar-refractivity contribution in [1.82, 2.24) is 0 Å². The molecule has 7 heteroatoms. The summed E-state index contributed by atoms with van der Waals surface area (Å²) in [5.74, 6) is -1.07. The first kappa shape index (κ1) is 9.34. The Hall–Kier alpha value is -0.660. The van der Waals surface area contributed by atoms with Crippen LogP contribution in [0.2, 0.25) is 0 Å². The number of hydrogen-bond donors (Lipinski definition) is 2. The SMILES string of the molecule is CC(N)C(=O)OS(N)(=O)=O. The number of carbonyl (C=O) groups is 1. The molecule has 0 amide bonds. The molecule has 0 aromatic carbocycles. The van der Waals surface area contributed by atoms with Gasteiger partial charge in [0.2, 0.25) is 0 Å². The molecule has 0 rings (SSSR count). The van der Waals surface area contributed by atoms with E-state index in [4.69, 9.17) is 5.73 Å². The lowest BCUT2D eigenvalue weighted by Crippen LogP contribution is -2.32. The first-order valence-corrected chi connectivity index (χ1v) is 3.81. The molecular weight excluding hydrogens is 160 g/mol. The molecule has 6 nitrogen and oxygen atoms in total. The van der Waals surface area contributed by atoms with Gasteiger partial charge in [-0.2, -0.15) is 13.6 Å². The molecule has 10 heavy (non-hydrogen) atoms. The molecule has 0 radical (unpaired) electrons. The summed E-state index contributed by atoms with van der Waals surface area (Å²) in [6, 6.07) is -0.988. The Kier molecular flexibility index (Phi) is 2.76. The predicted octanol–water partition coefficient (Wildman–Crippen LogP) is -1.92. The summed E-state index contributed by atoms with van der Waals surface area (Å²) in [5, 5.41) is 4.35. The summed E-state index contributed by atoms with van der Waals surface area (Å²) in [5.41, 5.74) is 4.95. The molecule has 60 valence electrons. The quantitative estimate of drug-likeness (QED) is 0.499. The number of nitrogens with two attached hydrogens (primary N) is 2. The van der Waals surface area contributed by atoms with Crippen LogP contribution in [0.4, 0.5) is 0 Å². The third kappa shape index (κ3) is 4.24. The Morgan fingerprint density at radius 3 is 2.10 bits per heavy atom. The van der Waals surface area contributed by atoms with Gasteiger partial charge in [-0.3, -0.25) is 0 Å². The van der Waals surface area contributed by atoms with E-state index in [9.17, 15) is 13.2 Å². The van der Waals surface area contributed by atoms with Crippen molar-refractivity contribution in [2.45, 2.75) is 13.0 Å². The van der Waals surface area contributed by atoms with Gasteiger partial charge in [-0.05, 0) is 6.92 Å². The molecule has 1 atom stereocenters. The van der Waals surface area contributed by atoms with Crippen LogP contribution in [0.3, 0.4) is 0 Å². The molecule has 4 N–H and O–H groups in total. The van der Waals surface area contributed by atoms with Crippen molar-refractivity contribution >= 4 is 16.3 Å². The molecule has 0 bridgehead atoms. The van der Waals surface area contributed by atoms with Gasteiger partial charge in [0.05, 0.1) is 0 Å². The van der Waals surface area contributed by atoms with E-state index < -0.39 is 22.3 Å². The van der Waals surface area contributed by atoms with Crippen molar-refractivity contribution in [2.75, 3.05) is 0 Å². The van der Waals surface area contributed by atoms with Crippen LogP contribution in [-0.2, 0) is 19.3 Å². The Morgan fingerprint density at radius 1 is 1.60 bits per heavy atom. The van der Waals surface area contributed by atoms with Crippen LogP contribution >= 0.6 is 0 Å². The van der Waals surface area contributed by atoms with Gasteiger partial charge in [0.15, 0.2) is 0 Å². The highest BCUT2D eigenvalue weighted by Gasteiger charge is 2.14. The molecule has 0 aliphatic rings. The molecule has 0 aromatic heterocycles. The van der Waals surface area contributed by atoms with Crippen LogP contribution in [-0.4, -0.2) is 20.4 Å². The van der Waals surface area contributed by atoms with Gasteiger partial charge < -0.3 is 9.92 Å². The van der Waals surface area contributed by atoms with E-state index in [2.05, 4.69) is 9.32 Å². The summed E-state index contributed by atoms with van der Waals surface area (Å²) in [4.78, 5) is 10.4. The zero-order valence-corrected chi connectivity index (χ0v) is 6.09. The first-order chi connectivity index (χ1) is 4.33. The summed E-state index contributed by atoms with van der Waals surface area (Å²) >= 11 is 0. The van der Waals surface area contributed by atoms with Crippen molar-refractivity contribution in [2.24, 2.45) is 10.9 Å². The van der Waals surface area contributed by atoms with E-state index in [1.165, 1.54) is 6.92 Å². The summed E-state index contributed by atoms with van der Waals surface area (Å²) in [6.45, 7) is 1.29. The minimum absolute atomic E-state index is 0.988. The first-order valence-electron chi connectivity index (χ1n) is 2.34. The molecule has 1 unspecified atom stereocenters. The maximum Gasteiger partial charge on any atom is 0.382 e. The fourth-order valence-electron chi connectivity index (χ4n) is 0.190. The zero-order valence-electron chi connectivity index (χ0n) is 5.27. The van der Waals surface area contributed by atoms with Gasteiger partial charge >= 0.3 is 16.3 Å². The van der Waals surface area contributed by atoms with E-state index in [-0.39, 0.29) is 0 Å². The Bertz CT molecular complexity index is 219.